The Morgan fingerprint density at radius 3 is 2.45 bits per heavy atom. The molecule has 2 fully saturated rings. The maximum atomic E-state index is 5.20. The highest BCUT2D eigenvalue weighted by atomic mass is 32.2. The van der Waals surface area contributed by atoms with Gasteiger partial charge in [0, 0.05) is 30.7 Å². The Balaban J connectivity index is 1.59. The first kappa shape index (κ1) is 7.90. The molecule has 0 aromatic heterocycles. The van der Waals surface area contributed by atoms with E-state index in [0.29, 0.717) is 6.10 Å². The van der Waals surface area contributed by atoms with E-state index in [2.05, 4.69) is 5.32 Å². The summed E-state index contributed by atoms with van der Waals surface area (Å²) in [5, 5.41) is 3.62. The highest BCUT2D eigenvalue weighted by molar-refractivity contribution is 8.00. The summed E-state index contributed by atoms with van der Waals surface area (Å²) >= 11 is 2.03. The summed E-state index contributed by atoms with van der Waals surface area (Å²) in [5.74, 6) is 2.63. The Hall–Kier alpha value is 0.270. The van der Waals surface area contributed by atoms with Gasteiger partial charge in [-0.1, -0.05) is 0 Å². The van der Waals surface area contributed by atoms with Gasteiger partial charge in [0.1, 0.15) is 0 Å². The average Bonchev–Trinajstić information content (AvgIpc) is 1.81. The molecule has 2 rings (SSSR count). The fourth-order valence-electron chi connectivity index (χ4n) is 1.56. The van der Waals surface area contributed by atoms with Crippen molar-refractivity contribution in [3.05, 3.63) is 0 Å². The molecule has 1 aliphatic heterocycles. The Morgan fingerprint density at radius 2 is 2.00 bits per heavy atom. The summed E-state index contributed by atoms with van der Waals surface area (Å²) < 4.78 is 5.20. The number of hydrogen-bond donors (Lipinski definition) is 1. The number of hydrogen-bond acceptors (Lipinski definition) is 3. The van der Waals surface area contributed by atoms with Crippen molar-refractivity contribution in [3.63, 3.8) is 0 Å². The minimum absolute atomic E-state index is 0.542. The standard InChI is InChI=1S/C8H15NOS/c1-10-8-2-6(3-8)9-7-4-11-5-7/h6-9H,2-5H2,1H3. The normalized spacial score (nSPS) is 37.9. The van der Waals surface area contributed by atoms with Crippen LogP contribution in [0.4, 0.5) is 0 Å². The second-order valence-corrected chi connectivity index (χ2v) is 4.50. The van der Waals surface area contributed by atoms with Gasteiger partial charge >= 0.3 is 0 Å². The quantitative estimate of drug-likeness (QED) is 0.684. The van der Waals surface area contributed by atoms with Crippen molar-refractivity contribution >= 4 is 11.8 Å². The SMILES string of the molecule is COC1CC(NC2CSC2)C1. The average molecular weight is 173 g/mol. The van der Waals surface area contributed by atoms with E-state index in [1.807, 2.05) is 11.8 Å². The molecule has 0 radical (unpaired) electrons. The third-order valence-corrected chi connectivity index (χ3v) is 3.81. The summed E-state index contributed by atoms with van der Waals surface area (Å²) in [4.78, 5) is 0. The van der Waals surface area contributed by atoms with Crippen molar-refractivity contribution in [2.75, 3.05) is 18.6 Å². The van der Waals surface area contributed by atoms with Gasteiger partial charge in [0.25, 0.3) is 0 Å². The van der Waals surface area contributed by atoms with Crippen LogP contribution in [0.3, 0.4) is 0 Å². The Bertz CT molecular complexity index is 132. The van der Waals surface area contributed by atoms with Crippen LogP contribution in [-0.2, 0) is 4.74 Å². The van der Waals surface area contributed by atoms with Gasteiger partial charge in [0.15, 0.2) is 0 Å². The highest BCUT2D eigenvalue weighted by Crippen LogP contribution is 2.26. The summed E-state index contributed by atoms with van der Waals surface area (Å²) in [6.07, 6.45) is 2.98. The molecule has 1 saturated heterocycles. The molecule has 2 aliphatic rings. The molecule has 1 aliphatic carbocycles. The van der Waals surface area contributed by atoms with Gasteiger partial charge in [-0.25, -0.2) is 0 Å². The molecule has 2 nitrogen and oxygen atoms in total. The van der Waals surface area contributed by atoms with Gasteiger partial charge in [0.2, 0.25) is 0 Å². The number of ether oxygens (including phenoxy) is 1. The van der Waals surface area contributed by atoms with Crippen LogP contribution in [0.1, 0.15) is 12.8 Å². The maximum absolute atomic E-state index is 5.20. The Labute approximate surface area is 72.1 Å². The van der Waals surface area contributed by atoms with E-state index in [1.54, 1.807) is 7.11 Å². The second kappa shape index (κ2) is 3.33. The van der Waals surface area contributed by atoms with Gasteiger partial charge in [-0.3, -0.25) is 0 Å². The van der Waals surface area contributed by atoms with Crippen LogP contribution in [0, 0.1) is 0 Å². The lowest BCUT2D eigenvalue weighted by atomic mass is 9.89. The first-order valence-corrected chi connectivity index (χ1v) is 5.40. The van der Waals surface area contributed by atoms with Crippen LogP contribution in [0.5, 0.6) is 0 Å². The van der Waals surface area contributed by atoms with E-state index in [-0.39, 0.29) is 0 Å². The molecule has 1 N–H and O–H groups in total. The van der Waals surface area contributed by atoms with Crippen LogP contribution < -0.4 is 5.32 Å². The second-order valence-electron chi connectivity index (χ2n) is 3.43. The summed E-state index contributed by atoms with van der Waals surface area (Å²) in [5.41, 5.74) is 0. The van der Waals surface area contributed by atoms with Crippen LogP contribution in [0.25, 0.3) is 0 Å². The van der Waals surface area contributed by atoms with E-state index < -0.39 is 0 Å². The minimum atomic E-state index is 0.542. The van der Waals surface area contributed by atoms with Crippen molar-refractivity contribution in [1.82, 2.24) is 5.32 Å². The summed E-state index contributed by atoms with van der Waals surface area (Å²) in [6, 6.07) is 1.56. The lowest BCUT2D eigenvalue weighted by Gasteiger charge is -2.39. The summed E-state index contributed by atoms with van der Waals surface area (Å²) in [7, 11) is 1.81. The largest absolute Gasteiger partial charge is 0.381 e. The molecule has 64 valence electrons. The molecule has 0 aromatic carbocycles. The highest BCUT2D eigenvalue weighted by Gasteiger charge is 2.31. The molecule has 0 spiro atoms. The number of nitrogens with one attached hydrogen (secondary N) is 1. The van der Waals surface area contributed by atoms with Crippen LogP contribution in [-0.4, -0.2) is 36.8 Å². The molecule has 11 heavy (non-hydrogen) atoms. The third kappa shape index (κ3) is 1.71. The molecular formula is C8H15NOS. The fraction of sp³-hybridized carbons (Fsp3) is 1.00. The van der Waals surface area contributed by atoms with Gasteiger partial charge < -0.3 is 10.1 Å². The van der Waals surface area contributed by atoms with Gasteiger partial charge in [-0.15, -0.1) is 0 Å². The maximum Gasteiger partial charge on any atom is 0.0601 e. The zero-order valence-corrected chi connectivity index (χ0v) is 7.69. The number of rotatable bonds is 3. The molecule has 1 heterocycles. The molecule has 1 saturated carbocycles. The first-order valence-electron chi connectivity index (χ1n) is 4.25. The minimum Gasteiger partial charge on any atom is -0.381 e. The smallest absolute Gasteiger partial charge is 0.0601 e. The van der Waals surface area contributed by atoms with E-state index in [4.69, 9.17) is 4.74 Å². The van der Waals surface area contributed by atoms with E-state index >= 15 is 0 Å². The third-order valence-electron chi connectivity index (χ3n) is 2.54. The van der Waals surface area contributed by atoms with Crippen molar-refractivity contribution in [1.29, 1.82) is 0 Å². The predicted octanol–water partition coefficient (Wildman–Crippen LogP) is 0.869. The zero-order chi connectivity index (χ0) is 7.68. The van der Waals surface area contributed by atoms with Crippen molar-refractivity contribution in [3.8, 4) is 0 Å². The fourth-order valence-corrected chi connectivity index (χ4v) is 2.22. The Kier molecular flexibility index (Phi) is 2.39. The van der Waals surface area contributed by atoms with Crippen molar-refractivity contribution < 1.29 is 4.74 Å². The molecular weight excluding hydrogens is 158 g/mol. The lowest BCUT2D eigenvalue weighted by molar-refractivity contribution is 0.0153. The monoisotopic (exact) mass is 173 g/mol. The molecule has 0 amide bonds. The van der Waals surface area contributed by atoms with Gasteiger partial charge in [0.05, 0.1) is 6.10 Å². The zero-order valence-electron chi connectivity index (χ0n) is 6.88. The summed E-state index contributed by atoms with van der Waals surface area (Å²) in [6.45, 7) is 0. The van der Waals surface area contributed by atoms with Crippen LogP contribution >= 0.6 is 11.8 Å². The van der Waals surface area contributed by atoms with E-state index in [0.717, 1.165) is 12.1 Å². The lowest BCUT2D eigenvalue weighted by Crippen LogP contribution is -2.53. The predicted molar refractivity (Wildman–Crippen MR) is 48.1 cm³/mol. The van der Waals surface area contributed by atoms with Crippen LogP contribution in [0.2, 0.25) is 0 Å². The van der Waals surface area contributed by atoms with Crippen LogP contribution in [0.15, 0.2) is 0 Å². The van der Waals surface area contributed by atoms with E-state index in [1.165, 1.54) is 24.3 Å². The molecule has 0 atom stereocenters. The number of methoxy groups -OCH3 is 1. The molecule has 3 heteroatoms. The van der Waals surface area contributed by atoms with Gasteiger partial charge in [-0.2, -0.15) is 11.8 Å². The Morgan fingerprint density at radius 1 is 1.27 bits per heavy atom. The van der Waals surface area contributed by atoms with E-state index in [9.17, 15) is 0 Å². The van der Waals surface area contributed by atoms with Gasteiger partial charge in [-0.05, 0) is 12.8 Å². The molecule has 0 bridgehead atoms. The number of thioether (sulfide) groups is 1. The van der Waals surface area contributed by atoms with Crippen molar-refractivity contribution in [2.45, 2.75) is 31.0 Å². The topological polar surface area (TPSA) is 21.3 Å². The first-order chi connectivity index (χ1) is 5.38. The molecule has 0 aromatic rings. The van der Waals surface area contributed by atoms with Crippen molar-refractivity contribution in [2.24, 2.45) is 0 Å². The molecule has 0 unspecified atom stereocenters.